The van der Waals surface area contributed by atoms with Gasteiger partial charge in [-0.15, -0.1) is 0 Å². The molecule has 3 N–H and O–H groups in total. The minimum Gasteiger partial charge on any atom is -0.343 e. The van der Waals surface area contributed by atoms with Crippen molar-refractivity contribution >= 4 is 17.8 Å². The van der Waals surface area contributed by atoms with Crippen LogP contribution in [0.2, 0.25) is 0 Å². The van der Waals surface area contributed by atoms with Gasteiger partial charge in [-0.25, -0.2) is 5.84 Å². The first-order chi connectivity index (χ1) is 9.80. The number of aromatic nitrogens is 3. The van der Waals surface area contributed by atoms with Crippen molar-refractivity contribution in [2.24, 2.45) is 5.84 Å². The molecule has 0 aliphatic rings. The fraction of sp³-hybridized carbons (Fsp3) is 0.727. The highest BCUT2D eigenvalue weighted by Crippen LogP contribution is 2.21. The third-order valence-electron chi connectivity index (χ3n) is 2.86. The number of alkyl halides is 3. The normalized spacial score (nSPS) is 11.4. The van der Waals surface area contributed by atoms with E-state index in [1.807, 2.05) is 18.7 Å². The number of hydrogen-bond acceptors (Lipinski definition) is 7. The third-order valence-corrected chi connectivity index (χ3v) is 2.86. The van der Waals surface area contributed by atoms with Crippen LogP contribution in [0, 0.1) is 0 Å². The van der Waals surface area contributed by atoms with E-state index in [0.717, 1.165) is 0 Å². The van der Waals surface area contributed by atoms with Crippen LogP contribution < -0.4 is 21.1 Å². The number of anilines is 3. The zero-order chi connectivity index (χ0) is 16.0. The number of nitrogens with zero attached hydrogens (tertiary/aromatic N) is 5. The lowest BCUT2D eigenvalue weighted by Gasteiger charge is -2.22. The van der Waals surface area contributed by atoms with Gasteiger partial charge in [0, 0.05) is 26.7 Å². The van der Waals surface area contributed by atoms with E-state index >= 15 is 0 Å². The molecule has 120 valence electrons. The van der Waals surface area contributed by atoms with Gasteiger partial charge in [-0.05, 0) is 13.8 Å². The lowest BCUT2D eigenvalue weighted by molar-refractivity contribution is -0.132. The molecule has 0 unspecified atom stereocenters. The summed E-state index contributed by atoms with van der Waals surface area (Å²) in [6.45, 7) is 4.94. The zero-order valence-corrected chi connectivity index (χ0v) is 12.3. The van der Waals surface area contributed by atoms with Crippen molar-refractivity contribution in [1.82, 2.24) is 15.0 Å². The first-order valence-electron chi connectivity index (χ1n) is 6.56. The van der Waals surface area contributed by atoms with Crippen LogP contribution in [0.1, 0.15) is 20.3 Å². The van der Waals surface area contributed by atoms with E-state index < -0.39 is 12.6 Å². The molecular weight excluding hydrogens is 287 g/mol. The molecule has 0 radical (unpaired) electrons. The fourth-order valence-electron chi connectivity index (χ4n) is 1.63. The standard InChI is InChI=1S/C11H20F3N7/c1-4-21(5-2)10-17-8(19-15)16-9(18-10)20(3)7-6-11(12,13)14/h4-7,15H2,1-3H3,(H,16,17,18,19). The zero-order valence-electron chi connectivity index (χ0n) is 12.3. The Labute approximate surface area is 121 Å². The van der Waals surface area contributed by atoms with E-state index in [1.165, 1.54) is 11.9 Å². The molecule has 21 heavy (non-hydrogen) atoms. The van der Waals surface area contributed by atoms with E-state index in [0.29, 0.717) is 19.0 Å². The largest absolute Gasteiger partial charge is 0.390 e. The van der Waals surface area contributed by atoms with Crippen molar-refractivity contribution in [3.05, 3.63) is 0 Å². The van der Waals surface area contributed by atoms with Gasteiger partial charge < -0.3 is 9.80 Å². The molecule has 0 aliphatic heterocycles. The van der Waals surface area contributed by atoms with Crippen LogP contribution in [0.3, 0.4) is 0 Å². The van der Waals surface area contributed by atoms with Gasteiger partial charge >= 0.3 is 6.18 Å². The van der Waals surface area contributed by atoms with Crippen LogP contribution >= 0.6 is 0 Å². The second-order valence-corrected chi connectivity index (χ2v) is 4.36. The number of halogens is 3. The molecule has 0 fully saturated rings. The number of nitrogens with two attached hydrogens (primary N) is 1. The SMILES string of the molecule is CCN(CC)c1nc(NN)nc(N(C)CCC(F)(F)F)n1. The topological polar surface area (TPSA) is 83.2 Å². The molecule has 0 aromatic carbocycles. The highest BCUT2D eigenvalue weighted by Gasteiger charge is 2.27. The molecule has 0 saturated heterocycles. The Balaban J connectivity index is 2.97. The maximum atomic E-state index is 12.3. The molecule has 0 amide bonds. The summed E-state index contributed by atoms with van der Waals surface area (Å²) in [6, 6.07) is 0. The molecule has 0 atom stereocenters. The molecule has 1 aromatic heterocycles. The van der Waals surface area contributed by atoms with Crippen molar-refractivity contribution in [2.45, 2.75) is 26.4 Å². The molecule has 7 nitrogen and oxygen atoms in total. The van der Waals surface area contributed by atoms with Crippen LogP contribution in [0.5, 0.6) is 0 Å². The lowest BCUT2D eigenvalue weighted by atomic mass is 10.4. The minimum atomic E-state index is -4.22. The molecule has 0 aliphatic carbocycles. The van der Waals surface area contributed by atoms with Crippen molar-refractivity contribution in [3.8, 4) is 0 Å². The van der Waals surface area contributed by atoms with E-state index in [9.17, 15) is 13.2 Å². The van der Waals surface area contributed by atoms with Crippen molar-refractivity contribution in [2.75, 3.05) is 41.9 Å². The summed E-state index contributed by atoms with van der Waals surface area (Å²) in [4.78, 5) is 15.4. The summed E-state index contributed by atoms with van der Waals surface area (Å²) >= 11 is 0. The van der Waals surface area contributed by atoms with Crippen LogP contribution in [-0.2, 0) is 0 Å². The highest BCUT2D eigenvalue weighted by molar-refractivity contribution is 5.44. The highest BCUT2D eigenvalue weighted by atomic mass is 19.4. The van der Waals surface area contributed by atoms with Crippen molar-refractivity contribution in [1.29, 1.82) is 0 Å². The Morgan fingerprint density at radius 3 is 2.14 bits per heavy atom. The van der Waals surface area contributed by atoms with Gasteiger partial charge in [0.15, 0.2) is 0 Å². The van der Waals surface area contributed by atoms with Gasteiger partial charge in [-0.3, -0.25) is 5.43 Å². The summed E-state index contributed by atoms with van der Waals surface area (Å²) < 4.78 is 36.8. The number of hydrazine groups is 1. The quantitative estimate of drug-likeness (QED) is 0.582. The van der Waals surface area contributed by atoms with E-state index in [2.05, 4.69) is 20.4 Å². The van der Waals surface area contributed by atoms with E-state index in [1.54, 1.807) is 0 Å². The molecule has 1 rings (SSSR count). The molecule has 10 heteroatoms. The predicted octanol–water partition coefficient (Wildman–Crippen LogP) is 1.39. The summed E-state index contributed by atoms with van der Waals surface area (Å²) in [5, 5.41) is 0. The van der Waals surface area contributed by atoms with Crippen molar-refractivity contribution < 1.29 is 13.2 Å². The average molecular weight is 307 g/mol. The summed E-state index contributed by atoms with van der Waals surface area (Å²) in [7, 11) is 1.49. The molecule has 1 heterocycles. The Hall–Kier alpha value is -1.84. The Morgan fingerprint density at radius 1 is 1.10 bits per heavy atom. The number of hydrogen-bond donors (Lipinski definition) is 2. The minimum absolute atomic E-state index is 0.112. The van der Waals surface area contributed by atoms with Gasteiger partial charge in [0.2, 0.25) is 17.8 Å². The van der Waals surface area contributed by atoms with Gasteiger partial charge in [0.1, 0.15) is 0 Å². The molecule has 0 bridgehead atoms. The molecule has 0 spiro atoms. The Bertz CT molecular complexity index is 448. The Kier molecular flexibility index (Phi) is 5.94. The lowest BCUT2D eigenvalue weighted by Crippen LogP contribution is -2.29. The van der Waals surface area contributed by atoms with Gasteiger partial charge in [0.25, 0.3) is 0 Å². The smallest absolute Gasteiger partial charge is 0.343 e. The van der Waals surface area contributed by atoms with Crippen LogP contribution in [-0.4, -0.2) is 47.8 Å². The maximum Gasteiger partial charge on any atom is 0.390 e. The van der Waals surface area contributed by atoms with E-state index in [4.69, 9.17) is 5.84 Å². The third kappa shape index (κ3) is 5.21. The second-order valence-electron chi connectivity index (χ2n) is 4.36. The summed E-state index contributed by atoms with van der Waals surface area (Å²) in [5.74, 6) is 5.92. The number of nitrogens with one attached hydrogen (secondary N) is 1. The van der Waals surface area contributed by atoms with Gasteiger partial charge in [-0.2, -0.15) is 28.1 Å². The second kappa shape index (κ2) is 7.25. The predicted molar refractivity (Wildman–Crippen MR) is 75.1 cm³/mol. The van der Waals surface area contributed by atoms with Crippen LogP contribution in [0.25, 0.3) is 0 Å². The van der Waals surface area contributed by atoms with Gasteiger partial charge in [0.05, 0.1) is 6.42 Å². The molecular formula is C11H20F3N7. The van der Waals surface area contributed by atoms with E-state index in [-0.39, 0.29) is 18.4 Å². The maximum absolute atomic E-state index is 12.3. The molecule has 1 aromatic rings. The van der Waals surface area contributed by atoms with Gasteiger partial charge in [-0.1, -0.05) is 0 Å². The molecule has 0 saturated carbocycles. The van der Waals surface area contributed by atoms with Crippen LogP contribution in [0.4, 0.5) is 31.0 Å². The first-order valence-corrected chi connectivity index (χ1v) is 6.56. The number of rotatable bonds is 7. The fourth-order valence-corrected chi connectivity index (χ4v) is 1.63. The van der Waals surface area contributed by atoms with Crippen molar-refractivity contribution in [3.63, 3.8) is 0 Å². The summed E-state index contributed by atoms with van der Waals surface area (Å²) in [5.41, 5.74) is 2.30. The summed E-state index contributed by atoms with van der Waals surface area (Å²) in [6.07, 6.45) is -5.17. The first kappa shape index (κ1) is 17.2. The monoisotopic (exact) mass is 307 g/mol. The Morgan fingerprint density at radius 2 is 1.67 bits per heavy atom. The van der Waals surface area contributed by atoms with Crippen LogP contribution in [0.15, 0.2) is 0 Å². The number of nitrogen functional groups attached to an aromatic ring is 1. The average Bonchev–Trinajstić information content (AvgIpc) is 2.45.